The van der Waals surface area contributed by atoms with Gasteiger partial charge in [-0.05, 0) is 23.0 Å². The molecule has 90 valence electrons. The lowest BCUT2D eigenvalue weighted by molar-refractivity contribution is 0.409. The van der Waals surface area contributed by atoms with E-state index >= 15 is 0 Å². The van der Waals surface area contributed by atoms with E-state index in [1.54, 1.807) is 0 Å². The topological polar surface area (TPSA) is 12.0 Å². The first-order valence-electron chi connectivity index (χ1n) is 6.18. The van der Waals surface area contributed by atoms with E-state index in [0.29, 0.717) is 11.5 Å². The van der Waals surface area contributed by atoms with Crippen LogP contribution in [0.5, 0.6) is 0 Å². The number of rotatable bonds is 4. The van der Waals surface area contributed by atoms with Crippen LogP contribution in [0.3, 0.4) is 0 Å². The van der Waals surface area contributed by atoms with Gasteiger partial charge in [-0.3, -0.25) is 0 Å². The number of hydrogen-bond acceptors (Lipinski definition) is 1. The molecule has 0 unspecified atom stereocenters. The quantitative estimate of drug-likeness (QED) is 0.812. The lowest BCUT2D eigenvalue weighted by atomic mass is 9.86. The minimum absolute atomic E-state index is 0.355. The van der Waals surface area contributed by atoms with Crippen molar-refractivity contribution in [1.29, 1.82) is 0 Å². The molecule has 1 N–H and O–H groups in total. The van der Waals surface area contributed by atoms with Crippen molar-refractivity contribution < 1.29 is 0 Å². The predicted octanol–water partition coefficient (Wildman–Crippen LogP) is 3.77. The molecule has 0 aliphatic heterocycles. The highest BCUT2D eigenvalue weighted by Crippen LogP contribution is 2.22. The van der Waals surface area contributed by atoms with Gasteiger partial charge in [0.1, 0.15) is 0 Å². The van der Waals surface area contributed by atoms with Crippen LogP contribution in [-0.4, -0.2) is 6.04 Å². The summed E-state index contributed by atoms with van der Waals surface area (Å²) in [4.78, 5) is 0. The number of benzene rings is 1. The summed E-state index contributed by atoms with van der Waals surface area (Å²) in [5.74, 6) is 0. The van der Waals surface area contributed by atoms with Gasteiger partial charge in [-0.1, -0.05) is 58.9 Å². The molecule has 0 radical (unpaired) electrons. The Labute approximate surface area is 100 Å². The van der Waals surface area contributed by atoms with E-state index < -0.39 is 0 Å². The van der Waals surface area contributed by atoms with Crippen molar-refractivity contribution in [1.82, 2.24) is 5.32 Å². The van der Waals surface area contributed by atoms with Crippen LogP contribution in [0.1, 0.15) is 45.7 Å². The summed E-state index contributed by atoms with van der Waals surface area (Å²) in [5.41, 5.74) is 3.27. The molecule has 0 aliphatic rings. The Balaban J connectivity index is 2.75. The highest BCUT2D eigenvalue weighted by atomic mass is 14.9. The lowest BCUT2D eigenvalue weighted by Gasteiger charge is -2.21. The average molecular weight is 219 g/mol. The zero-order chi connectivity index (χ0) is 12.2. The third-order valence-electron chi connectivity index (χ3n) is 2.54. The molecular weight excluding hydrogens is 194 g/mol. The maximum Gasteiger partial charge on any atom is 0.0210 e. The second-order valence-corrected chi connectivity index (χ2v) is 6.04. The molecule has 1 rings (SSSR count). The van der Waals surface area contributed by atoms with E-state index in [1.807, 2.05) is 0 Å². The Bertz CT molecular complexity index is 320. The van der Waals surface area contributed by atoms with Crippen LogP contribution in [0.15, 0.2) is 24.3 Å². The van der Waals surface area contributed by atoms with Gasteiger partial charge in [0.05, 0.1) is 0 Å². The van der Waals surface area contributed by atoms with Crippen LogP contribution in [0.2, 0.25) is 0 Å². The largest absolute Gasteiger partial charge is 0.310 e. The zero-order valence-electron chi connectivity index (χ0n) is 11.3. The smallest absolute Gasteiger partial charge is 0.0210 e. The van der Waals surface area contributed by atoms with E-state index in [4.69, 9.17) is 0 Å². The molecule has 0 aromatic heterocycles. The Morgan fingerprint density at radius 1 is 1.06 bits per heavy atom. The Morgan fingerprint density at radius 3 is 2.12 bits per heavy atom. The van der Waals surface area contributed by atoms with E-state index in [9.17, 15) is 0 Å². The Kier molecular flexibility index (Phi) is 4.55. The average Bonchev–Trinajstić information content (AvgIpc) is 2.14. The van der Waals surface area contributed by atoms with Crippen LogP contribution in [0.25, 0.3) is 0 Å². The Hall–Kier alpha value is -0.820. The van der Waals surface area contributed by atoms with E-state index in [2.05, 4.69) is 64.2 Å². The molecule has 0 saturated heterocycles. The molecule has 0 saturated carbocycles. The zero-order valence-corrected chi connectivity index (χ0v) is 11.3. The summed E-state index contributed by atoms with van der Waals surface area (Å²) in [6.07, 6.45) is 1.14. The highest BCUT2D eigenvalue weighted by Gasteiger charge is 2.13. The van der Waals surface area contributed by atoms with Crippen molar-refractivity contribution >= 4 is 0 Å². The van der Waals surface area contributed by atoms with Crippen molar-refractivity contribution in [2.24, 2.45) is 5.41 Å². The van der Waals surface area contributed by atoms with Crippen molar-refractivity contribution in [3.8, 4) is 0 Å². The third-order valence-corrected chi connectivity index (χ3v) is 2.54. The maximum absolute atomic E-state index is 3.49. The van der Waals surface area contributed by atoms with Gasteiger partial charge < -0.3 is 5.32 Å². The molecule has 0 fully saturated rings. The van der Waals surface area contributed by atoms with E-state index in [0.717, 1.165) is 13.0 Å². The fraction of sp³-hybridized carbons (Fsp3) is 0.600. The van der Waals surface area contributed by atoms with Crippen LogP contribution in [0, 0.1) is 5.41 Å². The molecule has 1 nitrogen and oxygen atoms in total. The van der Waals surface area contributed by atoms with Crippen LogP contribution < -0.4 is 5.32 Å². The first-order valence-corrected chi connectivity index (χ1v) is 6.18. The molecule has 0 heterocycles. The monoisotopic (exact) mass is 219 g/mol. The molecule has 16 heavy (non-hydrogen) atoms. The van der Waals surface area contributed by atoms with Crippen molar-refractivity contribution in [2.75, 3.05) is 0 Å². The second kappa shape index (κ2) is 5.49. The van der Waals surface area contributed by atoms with Crippen molar-refractivity contribution in [3.05, 3.63) is 35.4 Å². The fourth-order valence-corrected chi connectivity index (χ4v) is 1.79. The second-order valence-electron chi connectivity index (χ2n) is 6.04. The summed E-state index contributed by atoms with van der Waals surface area (Å²) in [6.45, 7) is 12.2. The minimum Gasteiger partial charge on any atom is -0.310 e. The summed E-state index contributed by atoms with van der Waals surface area (Å²) in [5, 5.41) is 3.49. The van der Waals surface area contributed by atoms with Gasteiger partial charge in [-0.25, -0.2) is 0 Å². The normalized spacial score (nSPS) is 12.1. The first kappa shape index (κ1) is 13.2. The Morgan fingerprint density at radius 2 is 1.62 bits per heavy atom. The van der Waals surface area contributed by atoms with Crippen LogP contribution in [-0.2, 0) is 13.0 Å². The van der Waals surface area contributed by atoms with Crippen molar-refractivity contribution in [2.45, 2.75) is 53.6 Å². The minimum atomic E-state index is 0.355. The summed E-state index contributed by atoms with van der Waals surface area (Å²) in [6, 6.07) is 9.30. The predicted molar refractivity (Wildman–Crippen MR) is 71.6 cm³/mol. The summed E-state index contributed by atoms with van der Waals surface area (Å²) < 4.78 is 0. The molecular formula is C15H25N. The molecule has 0 amide bonds. The molecule has 0 spiro atoms. The van der Waals surface area contributed by atoms with Gasteiger partial charge in [-0.15, -0.1) is 0 Å². The third kappa shape index (κ3) is 4.80. The fourth-order valence-electron chi connectivity index (χ4n) is 1.79. The van der Waals surface area contributed by atoms with E-state index in [-0.39, 0.29) is 0 Å². The molecule has 1 aromatic carbocycles. The van der Waals surface area contributed by atoms with Gasteiger partial charge in [0, 0.05) is 12.6 Å². The summed E-state index contributed by atoms with van der Waals surface area (Å²) in [7, 11) is 0. The lowest BCUT2D eigenvalue weighted by Crippen LogP contribution is -2.23. The standard InChI is InChI=1S/C15H25N/c1-12(2)16-11-14-9-7-6-8-13(14)10-15(3,4)5/h6-9,12,16H,10-11H2,1-5H3. The highest BCUT2D eigenvalue weighted by molar-refractivity contribution is 5.27. The van der Waals surface area contributed by atoms with Crippen LogP contribution in [0.4, 0.5) is 0 Å². The van der Waals surface area contributed by atoms with Crippen LogP contribution >= 0.6 is 0 Å². The molecule has 0 atom stereocenters. The van der Waals surface area contributed by atoms with Gasteiger partial charge in [-0.2, -0.15) is 0 Å². The van der Waals surface area contributed by atoms with E-state index in [1.165, 1.54) is 11.1 Å². The molecule has 1 heteroatoms. The first-order chi connectivity index (χ1) is 7.38. The molecule has 1 aromatic rings. The number of nitrogens with one attached hydrogen (secondary N) is 1. The van der Waals surface area contributed by atoms with Gasteiger partial charge >= 0.3 is 0 Å². The number of hydrogen-bond donors (Lipinski definition) is 1. The summed E-state index contributed by atoms with van der Waals surface area (Å²) >= 11 is 0. The maximum atomic E-state index is 3.49. The van der Waals surface area contributed by atoms with Gasteiger partial charge in [0.2, 0.25) is 0 Å². The van der Waals surface area contributed by atoms with Gasteiger partial charge in [0.25, 0.3) is 0 Å². The van der Waals surface area contributed by atoms with Gasteiger partial charge in [0.15, 0.2) is 0 Å². The molecule has 0 aliphatic carbocycles. The molecule has 0 bridgehead atoms. The van der Waals surface area contributed by atoms with Crippen molar-refractivity contribution in [3.63, 3.8) is 0 Å². The SMILES string of the molecule is CC(C)NCc1ccccc1CC(C)(C)C.